The summed E-state index contributed by atoms with van der Waals surface area (Å²) in [5.41, 5.74) is -6.99. The Balaban J connectivity index is 1.77. The maximum absolute atomic E-state index is 12.6. The highest BCUT2D eigenvalue weighted by Crippen LogP contribution is 2.45. The number of fused-ring (bicyclic) bond motifs is 4. The van der Waals surface area contributed by atoms with Crippen molar-refractivity contribution in [1.29, 1.82) is 0 Å². The molecule has 182 valence electrons. The van der Waals surface area contributed by atoms with Gasteiger partial charge in [-0.15, -0.1) is 0 Å². The Morgan fingerprint density at radius 2 is 1.94 bits per heavy atom. The molecule has 32 heavy (non-hydrogen) atoms. The average molecular weight is 501 g/mol. The van der Waals surface area contributed by atoms with Gasteiger partial charge in [0.05, 0.1) is 12.8 Å². The zero-order chi connectivity index (χ0) is 24.3. The van der Waals surface area contributed by atoms with Gasteiger partial charge >= 0.3 is 27.2 Å². The maximum atomic E-state index is 12.6. The van der Waals surface area contributed by atoms with Gasteiger partial charge in [-0.3, -0.25) is 9.36 Å². The second kappa shape index (κ2) is 7.99. The van der Waals surface area contributed by atoms with Crippen molar-refractivity contribution in [2.45, 2.75) is 76.2 Å². The fourth-order valence-corrected chi connectivity index (χ4v) is 6.19. The van der Waals surface area contributed by atoms with E-state index in [1.165, 1.54) is 0 Å². The minimum atomic E-state index is -6.02. The highest BCUT2D eigenvalue weighted by Gasteiger charge is 2.50. The van der Waals surface area contributed by atoms with Crippen LogP contribution in [0, 0.1) is 5.92 Å². The van der Waals surface area contributed by atoms with Crippen LogP contribution in [0.4, 0.5) is 13.2 Å². The molecule has 0 spiro atoms. The molecule has 2 bridgehead atoms. The molecular formula is C18H27F3N2O7SSi. The monoisotopic (exact) mass is 500 g/mol. The second-order valence-electron chi connectivity index (χ2n) is 9.30. The molecular weight excluding hydrogens is 473 g/mol. The quantitative estimate of drug-likeness (QED) is 0.319. The Morgan fingerprint density at radius 1 is 1.31 bits per heavy atom. The number of aromatic nitrogens is 2. The first-order valence-corrected chi connectivity index (χ1v) is 14.4. The molecule has 2 aliphatic heterocycles. The lowest BCUT2D eigenvalue weighted by Gasteiger charge is -2.43. The van der Waals surface area contributed by atoms with Crippen molar-refractivity contribution in [2.75, 3.05) is 6.61 Å². The summed E-state index contributed by atoms with van der Waals surface area (Å²) in [4.78, 5) is 15.6. The van der Waals surface area contributed by atoms with Crippen molar-refractivity contribution in [3.8, 4) is 11.8 Å². The number of nitrogens with zero attached hydrogens (tertiary/aromatic N) is 2. The van der Waals surface area contributed by atoms with E-state index in [0.717, 1.165) is 10.8 Å². The highest BCUT2D eigenvalue weighted by molar-refractivity contribution is 7.88. The molecule has 3 heterocycles. The molecule has 1 saturated heterocycles. The zero-order valence-corrected chi connectivity index (χ0v) is 20.4. The van der Waals surface area contributed by atoms with Crippen LogP contribution in [0.3, 0.4) is 0 Å². The Labute approximate surface area is 185 Å². The number of halogens is 3. The maximum Gasteiger partial charge on any atom is 0.534 e. The number of ether oxygens (including phenoxy) is 2. The summed E-state index contributed by atoms with van der Waals surface area (Å²) < 4.78 is 83.4. The number of hydrogen-bond donors (Lipinski definition) is 0. The molecule has 1 fully saturated rings. The first-order chi connectivity index (χ1) is 14.5. The van der Waals surface area contributed by atoms with Gasteiger partial charge < -0.3 is 18.1 Å². The minimum absolute atomic E-state index is 0.0194. The van der Waals surface area contributed by atoms with Crippen molar-refractivity contribution >= 4 is 18.4 Å². The Bertz CT molecular complexity index is 1040. The molecule has 0 saturated carbocycles. The summed E-state index contributed by atoms with van der Waals surface area (Å²) in [5, 5.41) is -0.0194. The number of alkyl halides is 3. The van der Waals surface area contributed by atoms with Crippen LogP contribution in [0.5, 0.6) is 11.8 Å². The molecule has 3 atom stereocenters. The Morgan fingerprint density at radius 3 is 2.50 bits per heavy atom. The SMILES string of the molecule is CC(C)C(C)(C)[Si](C)(C)OC[C@H]1O[C@@H]2C[C@H]1Oc1nc(=O)c(OS(=O)(=O)C(F)(F)F)cn12. The number of rotatable bonds is 7. The lowest BCUT2D eigenvalue weighted by molar-refractivity contribution is -0.0501. The molecule has 0 amide bonds. The molecule has 0 N–H and O–H groups in total. The number of hydrogen-bond acceptors (Lipinski definition) is 8. The van der Waals surface area contributed by atoms with Gasteiger partial charge in [-0.2, -0.15) is 26.6 Å². The van der Waals surface area contributed by atoms with Gasteiger partial charge in [0.15, 0.2) is 8.32 Å². The van der Waals surface area contributed by atoms with Gasteiger partial charge in [0.25, 0.3) is 0 Å². The molecule has 0 radical (unpaired) electrons. The fourth-order valence-electron chi connectivity index (χ4n) is 3.40. The second-order valence-corrected chi connectivity index (χ2v) is 15.4. The average Bonchev–Trinajstić information content (AvgIpc) is 2.97. The van der Waals surface area contributed by atoms with Crippen LogP contribution in [0.1, 0.15) is 40.3 Å². The molecule has 9 nitrogen and oxygen atoms in total. The van der Waals surface area contributed by atoms with Gasteiger partial charge in [-0.05, 0) is 24.1 Å². The molecule has 3 rings (SSSR count). The van der Waals surface area contributed by atoms with Gasteiger partial charge in [0.2, 0.25) is 5.75 Å². The lowest BCUT2D eigenvalue weighted by Crippen LogP contribution is -2.47. The van der Waals surface area contributed by atoms with Crippen molar-refractivity contribution in [1.82, 2.24) is 9.55 Å². The largest absolute Gasteiger partial charge is 0.534 e. The van der Waals surface area contributed by atoms with E-state index in [1.54, 1.807) is 0 Å². The van der Waals surface area contributed by atoms with Gasteiger partial charge in [0.1, 0.15) is 18.4 Å². The van der Waals surface area contributed by atoms with Gasteiger partial charge in [-0.25, -0.2) is 0 Å². The lowest BCUT2D eigenvalue weighted by atomic mass is 9.99. The van der Waals surface area contributed by atoms with E-state index < -0.39 is 53.7 Å². The molecule has 0 aromatic carbocycles. The summed E-state index contributed by atoms with van der Waals surface area (Å²) in [7, 11) is -8.17. The summed E-state index contributed by atoms with van der Waals surface area (Å²) >= 11 is 0. The molecule has 14 heteroatoms. The summed E-state index contributed by atoms with van der Waals surface area (Å²) in [6.45, 7) is 13.1. The minimum Gasteiger partial charge on any atom is -0.458 e. The summed E-state index contributed by atoms with van der Waals surface area (Å²) in [6, 6.07) is -0.186. The standard InChI is InChI=1S/C18H27F3N2O7SSi/c1-10(2)17(3,4)32(5,6)27-9-13-11-7-14(28-13)23-8-12(15(24)22-16(23)29-11)30-31(25,26)18(19,20)21/h8,10-11,13-14H,7,9H2,1-6H3/t11-,13-,14-/m1/s1. The predicted molar refractivity (Wildman–Crippen MR) is 109 cm³/mol. The van der Waals surface area contributed by atoms with Crippen molar-refractivity contribution in [3.05, 3.63) is 16.6 Å². The van der Waals surface area contributed by atoms with Crippen LogP contribution in [-0.2, 0) is 19.3 Å². The molecule has 2 aliphatic rings. The van der Waals surface area contributed by atoms with Crippen LogP contribution in [-0.4, -0.2) is 50.6 Å². The topological polar surface area (TPSA) is 106 Å². The van der Waals surface area contributed by atoms with E-state index in [4.69, 9.17) is 13.9 Å². The third-order valence-corrected chi connectivity index (χ3v) is 12.3. The van der Waals surface area contributed by atoms with Gasteiger partial charge in [-0.1, -0.05) is 27.7 Å². The summed E-state index contributed by atoms with van der Waals surface area (Å²) in [5.74, 6) is -0.696. The van der Waals surface area contributed by atoms with Crippen LogP contribution < -0.4 is 14.5 Å². The normalized spacial score (nSPS) is 23.8. The van der Waals surface area contributed by atoms with Crippen molar-refractivity contribution in [2.24, 2.45) is 5.92 Å². The van der Waals surface area contributed by atoms with Crippen LogP contribution in [0.25, 0.3) is 0 Å². The first kappa shape index (κ1) is 25.0. The zero-order valence-electron chi connectivity index (χ0n) is 18.6. The van der Waals surface area contributed by atoms with Crippen molar-refractivity contribution < 1.29 is 39.7 Å². The van der Waals surface area contributed by atoms with Gasteiger partial charge in [0, 0.05) is 6.42 Å². The van der Waals surface area contributed by atoms with Crippen LogP contribution in [0.15, 0.2) is 11.0 Å². The van der Waals surface area contributed by atoms with E-state index in [1.807, 2.05) is 0 Å². The third kappa shape index (κ3) is 4.41. The third-order valence-electron chi connectivity index (χ3n) is 6.72. The van der Waals surface area contributed by atoms with E-state index in [0.29, 0.717) is 12.3 Å². The Hall–Kier alpha value is -1.64. The fraction of sp³-hybridized carbons (Fsp3) is 0.778. The van der Waals surface area contributed by atoms with E-state index in [9.17, 15) is 26.4 Å². The highest BCUT2D eigenvalue weighted by atomic mass is 32.2. The Kier molecular flexibility index (Phi) is 6.24. The van der Waals surface area contributed by atoms with E-state index in [-0.39, 0.29) is 17.7 Å². The van der Waals surface area contributed by atoms with E-state index >= 15 is 0 Å². The van der Waals surface area contributed by atoms with Crippen LogP contribution in [0.2, 0.25) is 18.1 Å². The summed E-state index contributed by atoms with van der Waals surface area (Å²) in [6.07, 6.45) is -0.547. The molecule has 0 unspecified atom stereocenters. The molecule has 0 aliphatic carbocycles. The van der Waals surface area contributed by atoms with E-state index in [2.05, 4.69) is 50.0 Å². The molecule has 1 aromatic heterocycles. The van der Waals surface area contributed by atoms with Crippen LogP contribution >= 0.6 is 0 Å². The molecule has 1 aromatic rings. The smallest absolute Gasteiger partial charge is 0.458 e. The predicted octanol–water partition coefficient (Wildman–Crippen LogP) is 3.18. The van der Waals surface area contributed by atoms with Crippen molar-refractivity contribution in [3.63, 3.8) is 0 Å². The first-order valence-electron chi connectivity index (χ1n) is 10.1.